The number of hydrogen-bond donors (Lipinski definition) is 0. The Kier molecular flexibility index (Phi) is 4.34. The Bertz CT molecular complexity index is 721. The monoisotopic (exact) mass is 366 g/mol. The van der Waals surface area contributed by atoms with E-state index in [1.807, 2.05) is 11.9 Å². The molecule has 0 unspecified atom stereocenters. The fourth-order valence-electron chi connectivity index (χ4n) is 6.99. The molecule has 3 nitrogen and oxygen atoms in total. The third-order valence-corrected chi connectivity index (χ3v) is 8.63. The molecule has 1 saturated heterocycles. The minimum absolute atomic E-state index is 0.181. The molecule has 3 aliphatic carbocycles. The van der Waals surface area contributed by atoms with Crippen LogP contribution < -0.4 is 0 Å². The quantitative estimate of drug-likeness (QED) is 0.792. The van der Waals surface area contributed by atoms with E-state index in [0.29, 0.717) is 0 Å². The number of benzene rings is 1. The van der Waals surface area contributed by atoms with Gasteiger partial charge in [0, 0.05) is 25.9 Å². The van der Waals surface area contributed by atoms with Crippen LogP contribution in [0.1, 0.15) is 69.0 Å². The Hall–Kier alpha value is -1.35. The van der Waals surface area contributed by atoms with E-state index in [4.69, 9.17) is 0 Å². The van der Waals surface area contributed by atoms with E-state index in [-0.39, 0.29) is 17.4 Å². The molecule has 2 saturated carbocycles. The summed E-state index contributed by atoms with van der Waals surface area (Å²) in [7, 11) is 1.98. The van der Waals surface area contributed by atoms with E-state index in [1.165, 1.54) is 69.3 Å². The third-order valence-electron chi connectivity index (χ3n) is 8.63. The van der Waals surface area contributed by atoms with Crippen molar-refractivity contribution >= 4 is 5.91 Å². The van der Waals surface area contributed by atoms with Gasteiger partial charge in [-0.2, -0.15) is 0 Å². The fraction of sp³-hybridized carbons (Fsp3) is 0.708. The Balaban J connectivity index is 1.29. The normalized spacial score (nSPS) is 34.1. The first kappa shape index (κ1) is 17.7. The molecular formula is C24H34N2O. The van der Waals surface area contributed by atoms with Gasteiger partial charge in [-0.25, -0.2) is 0 Å². The van der Waals surface area contributed by atoms with Gasteiger partial charge in [0.25, 0.3) is 0 Å². The van der Waals surface area contributed by atoms with Crippen LogP contribution in [0.3, 0.4) is 0 Å². The average Bonchev–Trinajstić information content (AvgIpc) is 3.37. The van der Waals surface area contributed by atoms with Crippen molar-refractivity contribution < 1.29 is 4.79 Å². The summed E-state index contributed by atoms with van der Waals surface area (Å²) in [6.45, 7) is 5.51. The highest BCUT2D eigenvalue weighted by atomic mass is 16.2. The standard InChI is InChI=1S/C24H34N2O/c1-17(27)25(2)23-15-24(22-6-4-3-5-21(22)23)9-11-26(12-10-24)16-20-14-18-7-8-19(20)13-18/h3-6,18-20,23H,7-16H2,1-2H3/t18-,19-,20-,23+/m1/s1. The molecule has 1 spiro atoms. The number of carbonyl (C=O) groups is 1. The molecule has 27 heavy (non-hydrogen) atoms. The lowest BCUT2D eigenvalue weighted by Crippen LogP contribution is -2.44. The number of piperidine rings is 1. The summed E-state index contributed by atoms with van der Waals surface area (Å²) in [6.07, 6.45) is 9.66. The van der Waals surface area contributed by atoms with Crippen LogP contribution in [0.5, 0.6) is 0 Å². The van der Waals surface area contributed by atoms with E-state index in [9.17, 15) is 4.79 Å². The summed E-state index contributed by atoms with van der Waals surface area (Å²) in [5.74, 6) is 3.25. The maximum atomic E-state index is 12.0. The highest BCUT2D eigenvalue weighted by molar-refractivity contribution is 5.74. The van der Waals surface area contributed by atoms with Crippen molar-refractivity contribution in [3.05, 3.63) is 35.4 Å². The molecule has 146 valence electrons. The first-order valence-electron chi connectivity index (χ1n) is 11.1. The van der Waals surface area contributed by atoms with Crippen molar-refractivity contribution in [1.82, 2.24) is 9.80 Å². The van der Waals surface area contributed by atoms with Gasteiger partial charge >= 0.3 is 0 Å². The molecule has 2 bridgehead atoms. The average molecular weight is 367 g/mol. The molecule has 1 aromatic carbocycles. The number of likely N-dealkylation sites (tertiary alicyclic amines) is 1. The van der Waals surface area contributed by atoms with Gasteiger partial charge in [-0.3, -0.25) is 4.79 Å². The van der Waals surface area contributed by atoms with Gasteiger partial charge in [0.2, 0.25) is 5.91 Å². The lowest BCUT2D eigenvalue weighted by Gasteiger charge is -2.42. The minimum Gasteiger partial charge on any atom is -0.339 e. The van der Waals surface area contributed by atoms with Gasteiger partial charge < -0.3 is 9.80 Å². The maximum absolute atomic E-state index is 12.0. The molecule has 3 fully saturated rings. The van der Waals surface area contributed by atoms with E-state index >= 15 is 0 Å². The first-order chi connectivity index (χ1) is 13.1. The number of hydrogen-bond acceptors (Lipinski definition) is 2. The maximum Gasteiger partial charge on any atom is 0.219 e. The minimum atomic E-state index is 0.181. The number of fused-ring (bicyclic) bond motifs is 4. The van der Waals surface area contributed by atoms with Gasteiger partial charge in [0.05, 0.1) is 6.04 Å². The molecule has 0 N–H and O–H groups in total. The summed E-state index contributed by atoms with van der Waals surface area (Å²) in [6, 6.07) is 9.20. The summed E-state index contributed by atoms with van der Waals surface area (Å²) < 4.78 is 0. The second kappa shape index (κ2) is 6.62. The fourth-order valence-corrected chi connectivity index (χ4v) is 6.99. The predicted octanol–water partition coefficient (Wildman–Crippen LogP) is 4.38. The van der Waals surface area contributed by atoms with E-state index in [2.05, 4.69) is 29.2 Å². The molecule has 4 aliphatic rings. The lowest BCUT2D eigenvalue weighted by molar-refractivity contribution is -0.129. The zero-order chi connectivity index (χ0) is 18.6. The molecule has 1 amide bonds. The highest BCUT2D eigenvalue weighted by Crippen LogP contribution is 2.53. The van der Waals surface area contributed by atoms with E-state index in [0.717, 1.165) is 24.2 Å². The molecule has 3 heteroatoms. The smallest absolute Gasteiger partial charge is 0.219 e. The zero-order valence-corrected chi connectivity index (χ0v) is 17.0. The van der Waals surface area contributed by atoms with Gasteiger partial charge in [0.1, 0.15) is 0 Å². The van der Waals surface area contributed by atoms with Crippen LogP contribution in [0.2, 0.25) is 0 Å². The molecule has 5 rings (SSSR count). The Morgan fingerprint density at radius 3 is 2.63 bits per heavy atom. The van der Waals surface area contributed by atoms with Gasteiger partial charge in [-0.05, 0) is 80.5 Å². The summed E-state index contributed by atoms with van der Waals surface area (Å²) in [4.78, 5) is 16.8. The second-order valence-corrected chi connectivity index (χ2v) is 9.95. The molecule has 1 aromatic rings. The van der Waals surface area contributed by atoms with Crippen LogP contribution in [0.15, 0.2) is 24.3 Å². The number of amides is 1. The van der Waals surface area contributed by atoms with Crippen LogP contribution >= 0.6 is 0 Å². The predicted molar refractivity (Wildman–Crippen MR) is 109 cm³/mol. The Morgan fingerprint density at radius 2 is 1.96 bits per heavy atom. The molecular weight excluding hydrogens is 332 g/mol. The van der Waals surface area contributed by atoms with Crippen LogP contribution in [0, 0.1) is 17.8 Å². The van der Waals surface area contributed by atoms with Crippen molar-refractivity contribution in [1.29, 1.82) is 0 Å². The Labute approximate surface area is 164 Å². The van der Waals surface area contributed by atoms with Crippen LogP contribution in [-0.4, -0.2) is 42.4 Å². The van der Waals surface area contributed by atoms with E-state index in [1.54, 1.807) is 6.92 Å². The molecule has 1 heterocycles. The molecule has 0 radical (unpaired) electrons. The lowest BCUT2D eigenvalue weighted by atomic mass is 9.73. The topological polar surface area (TPSA) is 23.6 Å². The Morgan fingerprint density at radius 1 is 1.19 bits per heavy atom. The summed E-state index contributed by atoms with van der Waals surface area (Å²) >= 11 is 0. The molecule has 0 aromatic heterocycles. The molecule has 1 aliphatic heterocycles. The van der Waals surface area contributed by atoms with Crippen molar-refractivity contribution in [2.24, 2.45) is 17.8 Å². The summed E-state index contributed by atoms with van der Waals surface area (Å²) in [5.41, 5.74) is 3.22. The number of nitrogens with zero attached hydrogens (tertiary/aromatic N) is 2. The van der Waals surface area contributed by atoms with Gasteiger partial charge in [-0.15, -0.1) is 0 Å². The number of rotatable bonds is 3. The first-order valence-corrected chi connectivity index (χ1v) is 11.1. The van der Waals surface area contributed by atoms with Crippen LogP contribution in [-0.2, 0) is 10.2 Å². The van der Waals surface area contributed by atoms with Crippen molar-refractivity contribution in [3.63, 3.8) is 0 Å². The largest absolute Gasteiger partial charge is 0.339 e. The zero-order valence-electron chi connectivity index (χ0n) is 17.0. The number of carbonyl (C=O) groups excluding carboxylic acids is 1. The van der Waals surface area contributed by atoms with Crippen LogP contribution in [0.4, 0.5) is 0 Å². The molecule has 4 atom stereocenters. The van der Waals surface area contributed by atoms with Gasteiger partial charge in [-0.1, -0.05) is 30.7 Å². The SMILES string of the molecule is CC(=O)N(C)[C@H]1CC2(CCN(C[C@H]3C[C@@H]4CC[C@@H]3C4)CC2)c2ccccc21. The summed E-state index contributed by atoms with van der Waals surface area (Å²) in [5, 5.41) is 0. The van der Waals surface area contributed by atoms with Crippen molar-refractivity contribution in [3.8, 4) is 0 Å². The second-order valence-electron chi connectivity index (χ2n) is 9.95. The highest BCUT2D eigenvalue weighted by Gasteiger charge is 2.47. The van der Waals surface area contributed by atoms with E-state index < -0.39 is 0 Å². The third kappa shape index (κ3) is 2.93. The van der Waals surface area contributed by atoms with Crippen molar-refractivity contribution in [2.45, 2.75) is 63.3 Å². The van der Waals surface area contributed by atoms with Gasteiger partial charge in [0.15, 0.2) is 0 Å². The van der Waals surface area contributed by atoms with Crippen molar-refractivity contribution in [2.75, 3.05) is 26.7 Å². The van der Waals surface area contributed by atoms with Crippen LogP contribution in [0.25, 0.3) is 0 Å².